The highest BCUT2D eigenvalue weighted by Gasteiger charge is 2.36. The van der Waals surface area contributed by atoms with E-state index >= 15 is 0 Å². The number of anilines is 1. The Morgan fingerprint density at radius 1 is 1.04 bits per heavy atom. The second kappa shape index (κ2) is 7.83. The molecule has 1 heterocycles. The topological polar surface area (TPSA) is 49.9 Å². The second-order valence-corrected chi connectivity index (χ2v) is 5.90. The van der Waals surface area contributed by atoms with E-state index in [1.165, 1.54) is 0 Å². The number of benzene rings is 2. The molecule has 5 nitrogen and oxygen atoms in total. The van der Waals surface area contributed by atoms with Gasteiger partial charge in [0.15, 0.2) is 0 Å². The Morgan fingerprint density at radius 2 is 1.68 bits per heavy atom. The lowest BCUT2D eigenvalue weighted by atomic mass is 10.0. The summed E-state index contributed by atoms with van der Waals surface area (Å²) in [5, 5.41) is 0. The minimum absolute atomic E-state index is 0.0793. The van der Waals surface area contributed by atoms with Gasteiger partial charge in [-0.3, -0.25) is 9.69 Å². The number of carbonyl (C=O) groups excluding carboxylic acids is 2. The van der Waals surface area contributed by atoms with Gasteiger partial charge in [0.1, 0.15) is 0 Å². The summed E-state index contributed by atoms with van der Waals surface area (Å²) < 4.78 is 5.11. The number of urea groups is 1. The second-order valence-electron chi connectivity index (χ2n) is 5.90. The molecule has 2 aromatic carbocycles. The molecule has 0 bridgehead atoms. The van der Waals surface area contributed by atoms with Crippen molar-refractivity contribution in [3.63, 3.8) is 0 Å². The van der Waals surface area contributed by atoms with Crippen molar-refractivity contribution in [3.8, 4) is 0 Å². The molecule has 2 aromatic rings. The van der Waals surface area contributed by atoms with Gasteiger partial charge < -0.3 is 9.64 Å². The molecule has 130 valence electrons. The molecule has 0 saturated carbocycles. The van der Waals surface area contributed by atoms with Crippen molar-refractivity contribution in [3.05, 3.63) is 66.2 Å². The highest BCUT2D eigenvalue weighted by molar-refractivity contribution is 5.94. The Labute approximate surface area is 147 Å². The fourth-order valence-electron chi connectivity index (χ4n) is 3.15. The van der Waals surface area contributed by atoms with Crippen molar-refractivity contribution in [2.24, 2.45) is 0 Å². The van der Waals surface area contributed by atoms with Crippen molar-refractivity contribution in [1.82, 2.24) is 4.90 Å². The summed E-state index contributed by atoms with van der Waals surface area (Å²) in [5.41, 5.74) is 1.82. The Balaban J connectivity index is 1.84. The molecule has 0 spiro atoms. The first-order valence-electron chi connectivity index (χ1n) is 8.54. The standard InChI is InChI=1S/C20H22N2O3/c1-2-25-19(23)15-18(16-9-5-3-6-10-16)22-14-13-21(20(22)24)17-11-7-4-8-12-17/h3-12,18H,2,13-15H2,1H3. The van der Waals surface area contributed by atoms with Crippen LogP contribution >= 0.6 is 0 Å². The van der Waals surface area contributed by atoms with Crippen LogP contribution in [0.4, 0.5) is 10.5 Å². The van der Waals surface area contributed by atoms with Gasteiger partial charge in [-0.2, -0.15) is 0 Å². The number of para-hydroxylation sites is 1. The monoisotopic (exact) mass is 338 g/mol. The third-order valence-corrected chi connectivity index (χ3v) is 4.33. The van der Waals surface area contributed by atoms with E-state index in [0.717, 1.165) is 11.3 Å². The van der Waals surface area contributed by atoms with E-state index in [2.05, 4.69) is 0 Å². The summed E-state index contributed by atoms with van der Waals surface area (Å²) in [7, 11) is 0. The Morgan fingerprint density at radius 3 is 2.32 bits per heavy atom. The van der Waals surface area contributed by atoms with Gasteiger partial charge in [-0.1, -0.05) is 48.5 Å². The SMILES string of the molecule is CCOC(=O)CC(c1ccccc1)N1CCN(c2ccccc2)C1=O. The van der Waals surface area contributed by atoms with Crippen LogP contribution in [0.2, 0.25) is 0 Å². The first-order chi connectivity index (χ1) is 12.2. The van der Waals surface area contributed by atoms with E-state index in [1.807, 2.05) is 60.7 Å². The first-order valence-corrected chi connectivity index (χ1v) is 8.54. The number of carbonyl (C=O) groups is 2. The summed E-state index contributed by atoms with van der Waals surface area (Å²) in [4.78, 5) is 28.5. The first kappa shape index (κ1) is 17.0. The fourth-order valence-corrected chi connectivity index (χ4v) is 3.15. The molecule has 3 rings (SSSR count). The molecule has 1 saturated heterocycles. The van der Waals surface area contributed by atoms with Gasteiger partial charge >= 0.3 is 12.0 Å². The lowest BCUT2D eigenvalue weighted by Crippen LogP contribution is -2.36. The number of ether oxygens (including phenoxy) is 1. The third-order valence-electron chi connectivity index (χ3n) is 4.33. The average molecular weight is 338 g/mol. The van der Waals surface area contributed by atoms with Gasteiger partial charge in [-0.05, 0) is 24.6 Å². The molecule has 1 unspecified atom stereocenters. The molecule has 1 aliphatic heterocycles. The van der Waals surface area contributed by atoms with Crippen molar-refractivity contribution in [1.29, 1.82) is 0 Å². The molecule has 0 N–H and O–H groups in total. The summed E-state index contributed by atoms with van der Waals surface area (Å²) >= 11 is 0. The van der Waals surface area contributed by atoms with Crippen LogP contribution in [-0.2, 0) is 9.53 Å². The van der Waals surface area contributed by atoms with Gasteiger partial charge in [-0.25, -0.2) is 4.79 Å². The largest absolute Gasteiger partial charge is 0.466 e. The van der Waals surface area contributed by atoms with Crippen LogP contribution < -0.4 is 4.90 Å². The molecule has 0 aliphatic carbocycles. The van der Waals surface area contributed by atoms with Crippen molar-refractivity contribution >= 4 is 17.7 Å². The fraction of sp³-hybridized carbons (Fsp3) is 0.300. The predicted molar refractivity (Wildman–Crippen MR) is 96.3 cm³/mol. The Bertz CT molecular complexity index is 718. The van der Waals surface area contributed by atoms with Gasteiger partial charge in [0.05, 0.1) is 19.1 Å². The van der Waals surface area contributed by atoms with Crippen molar-refractivity contribution < 1.29 is 14.3 Å². The Hall–Kier alpha value is -2.82. The lowest BCUT2D eigenvalue weighted by Gasteiger charge is -2.27. The van der Waals surface area contributed by atoms with Crippen LogP contribution in [0, 0.1) is 0 Å². The zero-order chi connectivity index (χ0) is 17.6. The number of amides is 2. The Kier molecular flexibility index (Phi) is 5.33. The predicted octanol–water partition coefficient (Wildman–Crippen LogP) is 3.62. The molecule has 1 atom stereocenters. The molecule has 25 heavy (non-hydrogen) atoms. The van der Waals surface area contributed by atoms with Crippen LogP contribution in [0.5, 0.6) is 0 Å². The highest BCUT2D eigenvalue weighted by Crippen LogP contribution is 2.30. The number of rotatable bonds is 6. The van der Waals surface area contributed by atoms with E-state index in [0.29, 0.717) is 19.7 Å². The average Bonchev–Trinajstić information content (AvgIpc) is 3.03. The van der Waals surface area contributed by atoms with E-state index in [4.69, 9.17) is 4.74 Å². The summed E-state index contributed by atoms with van der Waals surface area (Å²) in [6, 6.07) is 18.9. The van der Waals surface area contributed by atoms with Gasteiger partial charge in [0.2, 0.25) is 0 Å². The van der Waals surface area contributed by atoms with Crippen molar-refractivity contribution in [2.45, 2.75) is 19.4 Å². The van der Waals surface area contributed by atoms with Gasteiger partial charge in [0.25, 0.3) is 0 Å². The quantitative estimate of drug-likeness (QED) is 0.756. The smallest absolute Gasteiger partial charge is 0.325 e. The van der Waals surface area contributed by atoms with E-state index in [9.17, 15) is 9.59 Å². The van der Waals surface area contributed by atoms with E-state index in [-0.39, 0.29) is 24.5 Å². The molecule has 1 fully saturated rings. The maximum atomic E-state index is 13.0. The molecule has 5 heteroatoms. The summed E-state index contributed by atoms with van der Waals surface area (Å²) in [6.07, 6.45) is 0.159. The maximum Gasteiger partial charge on any atom is 0.325 e. The molecule has 0 aromatic heterocycles. The van der Waals surface area contributed by atoms with E-state index in [1.54, 1.807) is 16.7 Å². The van der Waals surface area contributed by atoms with Crippen LogP contribution in [0.3, 0.4) is 0 Å². The zero-order valence-corrected chi connectivity index (χ0v) is 14.3. The van der Waals surface area contributed by atoms with Crippen molar-refractivity contribution in [2.75, 3.05) is 24.6 Å². The van der Waals surface area contributed by atoms with Crippen LogP contribution in [0.1, 0.15) is 24.9 Å². The third kappa shape index (κ3) is 3.82. The van der Waals surface area contributed by atoms with Crippen LogP contribution in [-0.4, -0.2) is 36.6 Å². The molecular formula is C20H22N2O3. The number of nitrogens with zero attached hydrogens (tertiary/aromatic N) is 2. The summed E-state index contributed by atoms with van der Waals surface area (Å²) in [6.45, 7) is 3.31. The molecular weight excluding hydrogens is 316 g/mol. The minimum Gasteiger partial charge on any atom is -0.466 e. The maximum absolute atomic E-state index is 13.0. The minimum atomic E-state index is -0.318. The molecule has 1 aliphatic rings. The zero-order valence-electron chi connectivity index (χ0n) is 14.3. The molecule has 2 amide bonds. The van der Waals surface area contributed by atoms with Gasteiger partial charge in [0, 0.05) is 18.8 Å². The number of hydrogen-bond donors (Lipinski definition) is 0. The summed E-state index contributed by atoms with van der Waals surface area (Å²) in [5.74, 6) is -0.290. The number of esters is 1. The van der Waals surface area contributed by atoms with Gasteiger partial charge in [-0.15, -0.1) is 0 Å². The normalized spacial score (nSPS) is 15.3. The molecule has 0 radical (unpaired) electrons. The van der Waals surface area contributed by atoms with Crippen LogP contribution in [0.25, 0.3) is 0 Å². The van der Waals surface area contributed by atoms with Crippen LogP contribution in [0.15, 0.2) is 60.7 Å². The highest BCUT2D eigenvalue weighted by atomic mass is 16.5. The van der Waals surface area contributed by atoms with E-state index < -0.39 is 0 Å². The lowest BCUT2D eigenvalue weighted by molar-refractivity contribution is -0.144. The number of hydrogen-bond acceptors (Lipinski definition) is 3.